The van der Waals surface area contributed by atoms with Crippen molar-refractivity contribution in [3.05, 3.63) is 12.2 Å². The van der Waals surface area contributed by atoms with Gasteiger partial charge >= 0.3 is 18.3 Å². The molecule has 0 aliphatic heterocycles. The highest BCUT2D eigenvalue weighted by Crippen LogP contribution is 2.56. The van der Waals surface area contributed by atoms with Crippen LogP contribution < -0.4 is 0 Å². The number of esters is 1. The molecule has 3 nitrogen and oxygen atoms in total. The predicted molar refractivity (Wildman–Crippen MR) is 64.1 cm³/mol. The van der Waals surface area contributed by atoms with E-state index in [2.05, 4.69) is 11.3 Å². The van der Waals surface area contributed by atoms with Crippen LogP contribution >= 0.6 is 0 Å². The van der Waals surface area contributed by atoms with Crippen LogP contribution in [0.3, 0.4) is 0 Å². The molecule has 2 atom stereocenters. The number of halogens is 7. The summed E-state index contributed by atoms with van der Waals surface area (Å²) in [5.41, 5.74) is -10.2. The standard InChI is InChI=1S/C13H15F7O3/c1-7(2)9(21)23-8-5-3-4-6-10(8,14)11(22,12(15,16)17)13(18,19)20/h8,22H,1,3-6H2,2H3. The molecule has 1 rings (SSSR count). The number of rotatable bonds is 3. The fourth-order valence-electron chi connectivity index (χ4n) is 2.53. The van der Waals surface area contributed by atoms with Crippen molar-refractivity contribution < 1.29 is 45.4 Å². The lowest BCUT2D eigenvalue weighted by atomic mass is 9.71. The number of carbonyl (C=O) groups is 1. The molecule has 1 N–H and O–H groups in total. The first-order valence-electron chi connectivity index (χ1n) is 6.59. The third kappa shape index (κ3) is 3.17. The molecule has 0 heterocycles. The van der Waals surface area contributed by atoms with E-state index in [9.17, 15) is 40.6 Å². The van der Waals surface area contributed by atoms with Crippen LogP contribution in [0.15, 0.2) is 12.2 Å². The molecule has 0 radical (unpaired) electrons. The van der Waals surface area contributed by atoms with Gasteiger partial charge in [0.25, 0.3) is 5.60 Å². The monoisotopic (exact) mass is 352 g/mol. The van der Waals surface area contributed by atoms with Crippen molar-refractivity contribution in [3.63, 3.8) is 0 Å². The smallest absolute Gasteiger partial charge is 0.429 e. The number of hydrogen-bond acceptors (Lipinski definition) is 3. The molecule has 0 amide bonds. The molecule has 1 saturated carbocycles. The van der Waals surface area contributed by atoms with Crippen molar-refractivity contribution in [2.45, 2.75) is 62.3 Å². The molecule has 134 valence electrons. The molecule has 0 spiro atoms. The molecular weight excluding hydrogens is 337 g/mol. The summed E-state index contributed by atoms with van der Waals surface area (Å²) in [6.07, 6.45) is -17.2. The maximum Gasteiger partial charge on any atom is 0.429 e. The second-order valence-electron chi connectivity index (χ2n) is 5.49. The number of alkyl halides is 7. The Bertz CT molecular complexity index is 469. The van der Waals surface area contributed by atoms with E-state index in [1.807, 2.05) is 0 Å². The van der Waals surface area contributed by atoms with Gasteiger partial charge in [-0.25, -0.2) is 9.18 Å². The van der Waals surface area contributed by atoms with Crippen LogP contribution in [-0.2, 0) is 9.53 Å². The van der Waals surface area contributed by atoms with Crippen molar-refractivity contribution in [2.24, 2.45) is 0 Å². The first-order chi connectivity index (χ1) is 10.2. The van der Waals surface area contributed by atoms with E-state index in [0.717, 1.165) is 6.92 Å². The maximum absolute atomic E-state index is 14.9. The average Bonchev–Trinajstić information content (AvgIpc) is 2.37. The SMILES string of the molecule is C=C(C)C(=O)OC1CCCCC1(F)C(O)(C(F)(F)F)C(F)(F)F. The molecule has 10 heteroatoms. The highest BCUT2D eigenvalue weighted by molar-refractivity contribution is 5.87. The van der Waals surface area contributed by atoms with Gasteiger partial charge in [-0.3, -0.25) is 0 Å². The Labute approximate surface area is 127 Å². The summed E-state index contributed by atoms with van der Waals surface area (Å²) in [4.78, 5) is 11.4. The fourth-order valence-corrected chi connectivity index (χ4v) is 2.53. The molecule has 0 aromatic rings. The van der Waals surface area contributed by atoms with E-state index in [1.54, 1.807) is 0 Å². The zero-order chi connectivity index (χ0) is 18.3. The Morgan fingerprint density at radius 3 is 2.04 bits per heavy atom. The Morgan fingerprint density at radius 2 is 1.65 bits per heavy atom. The molecule has 1 aliphatic carbocycles. The first kappa shape index (κ1) is 19.7. The van der Waals surface area contributed by atoms with Gasteiger partial charge in [-0.1, -0.05) is 6.58 Å². The van der Waals surface area contributed by atoms with Crippen LogP contribution in [0.2, 0.25) is 0 Å². The second kappa shape index (κ2) is 5.95. The van der Waals surface area contributed by atoms with Gasteiger partial charge < -0.3 is 9.84 Å². The summed E-state index contributed by atoms with van der Waals surface area (Å²) >= 11 is 0. The summed E-state index contributed by atoms with van der Waals surface area (Å²) < 4.78 is 96.9. The van der Waals surface area contributed by atoms with Crippen LogP contribution in [0.25, 0.3) is 0 Å². The van der Waals surface area contributed by atoms with Crippen molar-refractivity contribution in [1.82, 2.24) is 0 Å². The van der Waals surface area contributed by atoms with Gasteiger partial charge in [-0.2, -0.15) is 26.3 Å². The molecule has 1 aliphatic rings. The van der Waals surface area contributed by atoms with Crippen LogP contribution in [0, 0.1) is 0 Å². The summed E-state index contributed by atoms with van der Waals surface area (Å²) in [7, 11) is 0. The van der Waals surface area contributed by atoms with E-state index in [-0.39, 0.29) is 18.4 Å². The maximum atomic E-state index is 14.9. The Balaban J connectivity index is 3.39. The van der Waals surface area contributed by atoms with Gasteiger partial charge in [-0.15, -0.1) is 0 Å². The van der Waals surface area contributed by atoms with Crippen molar-refractivity contribution >= 4 is 5.97 Å². The molecule has 0 aromatic carbocycles. The van der Waals surface area contributed by atoms with Crippen LogP contribution in [0.5, 0.6) is 0 Å². The van der Waals surface area contributed by atoms with E-state index in [1.165, 1.54) is 0 Å². The highest BCUT2D eigenvalue weighted by atomic mass is 19.4. The van der Waals surface area contributed by atoms with Crippen molar-refractivity contribution in [2.75, 3.05) is 0 Å². The van der Waals surface area contributed by atoms with Crippen LogP contribution in [0.1, 0.15) is 32.6 Å². The van der Waals surface area contributed by atoms with Gasteiger partial charge in [0, 0.05) is 5.57 Å². The van der Waals surface area contributed by atoms with Crippen molar-refractivity contribution in [3.8, 4) is 0 Å². The molecule has 1 fully saturated rings. The van der Waals surface area contributed by atoms with Gasteiger partial charge in [0.2, 0.25) is 0 Å². The normalized spacial score (nSPS) is 26.7. The topological polar surface area (TPSA) is 46.5 Å². The molecule has 23 heavy (non-hydrogen) atoms. The van der Waals surface area contributed by atoms with E-state index in [0.29, 0.717) is 0 Å². The quantitative estimate of drug-likeness (QED) is 0.480. The van der Waals surface area contributed by atoms with Gasteiger partial charge in [-0.05, 0) is 32.6 Å². The molecule has 0 saturated heterocycles. The Hall–Kier alpha value is -1.32. The summed E-state index contributed by atoms with van der Waals surface area (Å²) in [5.74, 6) is -1.33. The van der Waals surface area contributed by atoms with E-state index < -0.39 is 48.5 Å². The number of ether oxygens (including phenoxy) is 1. The highest BCUT2D eigenvalue weighted by Gasteiger charge is 2.82. The zero-order valence-electron chi connectivity index (χ0n) is 12.0. The number of aliphatic hydroxyl groups is 1. The summed E-state index contributed by atoms with van der Waals surface area (Å²) in [6, 6.07) is 0. The van der Waals surface area contributed by atoms with Gasteiger partial charge in [0.05, 0.1) is 0 Å². The van der Waals surface area contributed by atoms with Gasteiger partial charge in [0.1, 0.15) is 6.10 Å². The number of hydrogen-bond donors (Lipinski definition) is 1. The lowest BCUT2D eigenvalue weighted by Crippen LogP contribution is -2.73. The first-order valence-corrected chi connectivity index (χ1v) is 6.59. The lowest BCUT2D eigenvalue weighted by Gasteiger charge is -2.48. The lowest BCUT2D eigenvalue weighted by molar-refractivity contribution is -0.414. The van der Waals surface area contributed by atoms with Crippen LogP contribution in [-0.4, -0.2) is 40.8 Å². The third-order valence-electron chi connectivity index (χ3n) is 3.79. The molecule has 0 aromatic heterocycles. The summed E-state index contributed by atoms with van der Waals surface area (Å²) in [5, 5.41) is 9.35. The summed E-state index contributed by atoms with van der Waals surface area (Å²) in [6.45, 7) is 4.23. The van der Waals surface area contributed by atoms with Crippen molar-refractivity contribution in [1.29, 1.82) is 0 Å². The average molecular weight is 352 g/mol. The molecular formula is C13H15F7O3. The minimum absolute atomic E-state index is 0.0472. The minimum Gasteiger partial charge on any atom is -0.455 e. The van der Waals surface area contributed by atoms with E-state index >= 15 is 0 Å². The zero-order valence-corrected chi connectivity index (χ0v) is 12.0. The molecule has 0 bridgehead atoms. The largest absolute Gasteiger partial charge is 0.455 e. The van der Waals surface area contributed by atoms with Gasteiger partial charge in [0.15, 0.2) is 5.67 Å². The van der Waals surface area contributed by atoms with E-state index in [4.69, 9.17) is 0 Å². The Kier molecular flexibility index (Phi) is 5.11. The molecule has 2 unspecified atom stereocenters. The Morgan fingerprint density at radius 1 is 1.17 bits per heavy atom. The predicted octanol–water partition coefficient (Wildman–Crippen LogP) is 3.61. The van der Waals surface area contributed by atoms with Crippen LogP contribution in [0.4, 0.5) is 30.7 Å². The third-order valence-corrected chi connectivity index (χ3v) is 3.79. The second-order valence-corrected chi connectivity index (χ2v) is 5.49. The number of carbonyl (C=O) groups excluding carboxylic acids is 1. The fraction of sp³-hybridized carbons (Fsp3) is 0.769. The minimum atomic E-state index is -6.34.